The van der Waals surface area contributed by atoms with Gasteiger partial charge in [-0.15, -0.1) is 0 Å². The summed E-state index contributed by atoms with van der Waals surface area (Å²) in [4.78, 5) is 31.9. The minimum atomic E-state index is -0.0264. The highest BCUT2D eigenvalue weighted by molar-refractivity contribution is 5.92. The highest BCUT2D eigenvalue weighted by Gasteiger charge is 2.31. The van der Waals surface area contributed by atoms with Gasteiger partial charge in [-0.05, 0) is 49.6 Å². The van der Waals surface area contributed by atoms with Gasteiger partial charge in [-0.1, -0.05) is 6.07 Å². The molecule has 0 aromatic carbocycles. The van der Waals surface area contributed by atoms with Gasteiger partial charge in [0, 0.05) is 30.8 Å². The van der Waals surface area contributed by atoms with E-state index in [2.05, 4.69) is 25.3 Å². The van der Waals surface area contributed by atoms with Crippen LogP contribution in [0.15, 0.2) is 55.1 Å². The first kappa shape index (κ1) is 17.1. The maximum Gasteiger partial charge on any atom is 0.272 e. The van der Waals surface area contributed by atoms with Crippen LogP contribution in [0.5, 0.6) is 0 Å². The average molecular weight is 360 g/mol. The molecule has 0 spiro atoms. The molecule has 1 aliphatic heterocycles. The Morgan fingerprint density at radius 2 is 2.04 bits per heavy atom. The molecule has 3 aromatic heterocycles. The van der Waals surface area contributed by atoms with Crippen LogP contribution in [0.4, 0.5) is 11.6 Å². The third-order valence-electron chi connectivity index (χ3n) is 4.61. The molecule has 1 atom stereocenters. The van der Waals surface area contributed by atoms with E-state index in [9.17, 15) is 4.79 Å². The smallest absolute Gasteiger partial charge is 0.272 e. The topological polar surface area (TPSA) is 83.9 Å². The molecule has 0 aliphatic carbocycles. The van der Waals surface area contributed by atoms with Crippen molar-refractivity contribution in [2.24, 2.45) is 0 Å². The largest absolute Gasteiger partial charge is 0.330 e. The minimum absolute atomic E-state index is 0.0187. The molecule has 1 N–H and O–H groups in total. The molecule has 4 heterocycles. The number of carbonyl (C=O) groups excluding carboxylic acids is 1. The molecule has 136 valence electrons. The number of likely N-dealkylation sites (tertiary alicyclic amines) is 1. The summed E-state index contributed by atoms with van der Waals surface area (Å²) in [6.45, 7) is 2.62. The first-order valence-corrected chi connectivity index (χ1v) is 8.94. The van der Waals surface area contributed by atoms with Crippen molar-refractivity contribution in [3.05, 3.63) is 72.1 Å². The van der Waals surface area contributed by atoms with E-state index in [0.29, 0.717) is 17.3 Å². The van der Waals surface area contributed by atoms with Gasteiger partial charge in [0.25, 0.3) is 5.91 Å². The first-order valence-electron chi connectivity index (χ1n) is 8.94. The predicted molar refractivity (Wildman–Crippen MR) is 102 cm³/mol. The van der Waals surface area contributed by atoms with Crippen LogP contribution < -0.4 is 5.32 Å². The zero-order valence-corrected chi connectivity index (χ0v) is 15.0. The molecule has 7 heteroatoms. The second-order valence-electron chi connectivity index (χ2n) is 6.51. The molecule has 1 fully saturated rings. The lowest BCUT2D eigenvalue weighted by atomic mass is 10.1. The molecule has 27 heavy (non-hydrogen) atoms. The summed E-state index contributed by atoms with van der Waals surface area (Å²) in [7, 11) is 0. The fourth-order valence-electron chi connectivity index (χ4n) is 3.38. The van der Waals surface area contributed by atoms with Crippen molar-refractivity contribution in [1.82, 2.24) is 24.8 Å². The zero-order chi connectivity index (χ0) is 18.6. The van der Waals surface area contributed by atoms with Gasteiger partial charge in [-0.25, -0.2) is 15.0 Å². The van der Waals surface area contributed by atoms with Crippen LogP contribution in [0.3, 0.4) is 0 Å². The molecular formula is C20H20N6O. The van der Waals surface area contributed by atoms with E-state index in [1.165, 1.54) is 0 Å². The van der Waals surface area contributed by atoms with Crippen LogP contribution in [0.2, 0.25) is 0 Å². The van der Waals surface area contributed by atoms with Crippen LogP contribution in [0.25, 0.3) is 0 Å². The van der Waals surface area contributed by atoms with E-state index in [1.807, 2.05) is 36.1 Å². The quantitative estimate of drug-likeness (QED) is 0.768. The minimum Gasteiger partial charge on any atom is -0.330 e. The number of carbonyl (C=O) groups is 1. The Morgan fingerprint density at radius 3 is 2.85 bits per heavy atom. The number of rotatable bonds is 4. The molecule has 1 aliphatic rings. The normalized spacial score (nSPS) is 16.3. The summed E-state index contributed by atoms with van der Waals surface area (Å²) in [6.07, 6.45) is 8.53. The number of anilines is 2. The molecule has 7 nitrogen and oxygen atoms in total. The number of nitrogens with one attached hydrogen (secondary N) is 1. The van der Waals surface area contributed by atoms with Crippen LogP contribution in [0, 0.1) is 6.92 Å². The fourth-order valence-corrected chi connectivity index (χ4v) is 3.38. The lowest BCUT2D eigenvalue weighted by Crippen LogP contribution is -2.31. The third-order valence-corrected chi connectivity index (χ3v) is 4.61. The summed E-state index contributed by atoms with van der Waals surface area (Å²) in [5.41, 5.74) is 2.39. The monoisotopic (exact) mass is 360 g/mol. The SMILES string of the molecule is Cc1cccc(C(=O)N2CCC[C@@H]2c2ccnc(Nc3cnccn3)c2)n1. The van der Waals surface area contributed by atoms with Gasteiger partial charge in [0.05, 0.1) is 12.2 Å². The van der Waals surface area contributed by atoms with Crippen LogP contribution >= 0.6 is 0 Å². The number of hydrogen-bond donors (Lipinski definition) is 1. The lowest BCUT2D eigenvalue weighted by Gasteiger charge is -2.25. The Bertz CT molecular complexity index is 946. The molecule has 3 aromatic rings. The average Bonchev–Trinajstić information content (AvgIpc) is 3.18. The summed E-state index contributed by atoms with van der Waals surface area (Å²) in [6, 6.07) is 9.49. The van der Waals surface area contributed by atoms with Crippen molar-refractivity contribution < 1.29 is 4.79 Å². The summed E-state index contributed by atoms with van der Waals surface area (Å²) in [5, 5.41) is 3.15. The van der Waals surface area contributed by atoms with Gasteiger partial charge in [0.15, 0.2) is 0 Å². The lowest BCUT2D eigenvalue weighted by molar-refractivity contribution is 0.0729. The molecular weight excluding hydrogens is 340 g/mol. The fraction of sp³-hybridized carbons (Fsp3) is 0.250. The molecule has 0 unspecified atom stereocenters. The number of aromatic nitrogens is 4. The Balaban J connectivity index is 1.57. The van der Waals surface area contributed by atoms with E-state index < -0.39 is 0 Å². The van der Waals surface area contributed by atoms with Crippen LogP contribution in [-0.2, 0) is 0 Å². The maximum absolute atomic E-state index is 13.0. The summed E-state index contributed by atoms with van der Waals surface area (Å²) >= 11 is 0. The summed E-state index contributed by atoms with van der Waals surface area (Å²) < 4.78 is 0. The van der Waals surface area contributed by atoms with E-state index in [-0.39, 0.29) is 11.9 Å². The number of amides is 1. The number of aryl methyl sites for hydroxylation is 1. The van der Waals surface area contributed by atoms with E-state index in [4.69, 9.17) is 0 Å². The van der Waals surface area contributed by atoms with Crippen molar-refractivity contribution in [2.45, 2.75) is 25.8 Å². The Labute approximate surface area is 157 Å². The Hall–Kier alpha value is -3.35. The van der Waals surface area contributed by atoms with Crippen molar-refractivity contribution in [1.29, 1.82) is 0 Å². The van der Waals surface area contributed by atoms with Crippen molar-refractivity contribution >= 4 is 17.5 Å². The van der Waals surface area contributed by atoms with Crippen LogP contribution in [0.1, 0.15) is 40.6 Å². The highest BCUT2D eigenvalue weighted by atomic mass is 16.2. The van der Waals surface area contributed by atoms with E-state index >= 15 is 0 Å². The van der Waals surface area contributed by atoms with Gasteiger partial charge < -0.3 is 10.2 Å². The predicted octanol–water partition coefficient (Wildman–Crippen LogP) is 3.30. The van der Waals surface area contributed by atoms with E-state index in [1.54, 1.807) is 30.9 Å². The molecule has 0 bridgehead atoms. The van der Waals surface area contributed by atoms with Gasteiger partial charge >= 0.3 is 0 Å². The maximum atomic E-state index is 13.0. The number of hydrogen-bond acceptors (Lipinski definition) is 6. The van der Waals surface area contributed by atoms with Gasteiger partial charge in [-0.2, -0.15) is 0 Å². The number of pyridine rings is 2. The van der Waals surface area contributed by atoms with Crippen molar-refractivity contribution in [3.63, 3.8) is 0 Å². The highest BCUT2D eigenvalue weighted by Crippen LogP contribution is 2.33. The molecule has 4 rings (SSSR count). The molecule has 0 saturated carbocycles. The van der Waals surface area contributed by atoms with Crippen molar-refractivity contribution in [2.75, 3.05) is 11.9 Å². The molecule has 1 saturated heterocycles. The van der Waals surface area contributed by atoms with Gasteiger partial charge in [0.2, 0.25) is 0 Å². The first-order chi connectivity index (χ1) is 13.2. The third kappa shape index (κ3) is 3.76. The Morgan fingerprint density at radius 1 is 1.15 bits per heavy atom. The van der Waals surface area contributed by atoms with Crippen LogP contribution in [-0.4, -0.2) is 37.3 Å². The zero-order valence-electron chi connectivity index (χ0n) is 15.0. The number of nitrogens with zero attached hydrogens (tertiary/aromatic N) is 5. The Kier molecular flexibility index (Phi) is 4.74. The summed E-state index contributed by atoms with van der Waals surface area (Å²) in [5.74, 6) is 1.29. The van der Waals surface area contributed by atoms with E-state index in [0.717, 1.165) is 30.6 Å². The van der Waals surface area contributed by atoms with Gasteiger partial charge in [-0.3, -0.25) is 9.78 Å². The van der Waals surface area contributed by atoms with Gasteiger partial charge in [0.1, 0.15) is 17.3 Å². The second kappa shape index (κ2) is 7.49. The molecule has 1 amide bonds. The molecule has 0 radical (unpaired) electrons. The second-order valence-corrected chi connectivity index (χ2v) is 6.51. The standard InChI is InChI=1S/C20H20N6O/c1-14-4-2-5-16(24-14)20(27)26-11-3-6-17(26)15-7-8-22-18(12-15)25-19-13-21-9-10-23-19/h2,4-5,7-10,12-13,17H,3,6,11H2,1H3,(H,22,23,25)/t17-/m1/s1. The van der Waals surface area contributed by atoms with Crippen molar-refractivity contribution in [3.8, 4) is 0 Å².